The molecule has 0 unspecified atom stereocenters. The number of aliphatic carboxylic acids is 1. The highest BCUT2D eigenvalue weighted by atomic mass is 16.6. The van der Waals surface area contributed by atoms with Crippen LogP contribution in [0, 0.1) is 27.7 Å². The second kappa shape index (κ2) is 7.55. The highest BCUT2D eigenvalue weighted by molar-refractivity contribution is 5.89. The molecule has 0 aliphatic heterocycles. The van der Waals surface area contributed by atoms with Gasteiger partial charge in [-0.25, -0.2) is 4.79 Å². The van der Waals surface area contributed by atoms with Gasteiger partial charge in [0.2, 0.25) is 0 Å². The summed E-state index contributed by atoms with van der Waals surface area (Å²) in [7, 11) is 0. The number of carbonyl (C=O) groups is 2. The van der Waals surface area contributed by atoms with Gasteiger partial charge in [-0.2, -0.15) is 0 Å². The summed E-state index contributed by atoms with van der Waals surface area (Å²) in [4.78, 5) is 22.8. The molecule has 1 rings (SSSR count). The minimum Gasteiger partial charge on any atom is -0.481 e. The van der Waals surface area contributed by atoms with Crippen molar-refractivity contribution in [1.29, 1.82) is 0 Å². The molecule has 0 aromatic heterocycles. The number of carboxylic acid groups (broad SMARTS) is 1. The lowest BCUT2D eigenvalue weighted by Gasteiger charge is -2.24. The van der Waals surface area contributed by atoms with E-state index in [1.807, 2.05) is 48.5 Å². The fourth-order valence-corrected chi connectivity index (χ4v) is 2.47. The second-order valence-corrected chi connectivity index (χ2v) is 6.95. The van der Waals surface area contributed by atoms with E-state index in [0.717, 1.165) is 33.6 Å². The van der Waals surface area contributed by atoms with Crippen molar-refractivity contribution in [2.75, 3.05) is 17.2 Å². The number of rotatable bonds is 5. The molecule has 134 valence electrons. The van der Waals surface area contributed by atoms with Gasteiger partial charge in [0.05, 0.1) is 12.1 Å². The van der Waals surface area contributed by atoms with Gasteiger partial charge in [-0.05, 0) is 70.7 Å². The Morgan fingerprint density at radius 1 is 0.958 bits per heavy atom. The lowest BCUT2D eigenvalue weighted by Crippen LogP contribution is -2.28. The van der Waals surface area contributed by atoms with Crippen LogP contribution in [0.5, 0.6) is 0 Å². The standard InChI is InChI=1S/C18H28N2O4/c1-10-12(3)16(20-17(23)24-18(5,6)7)13(4)11(2)15(10)19-9-8-14(21)22/h19H,8-9H2,1-7H3,(H,20,23)(H,21,22). The third-order valence-electron chi connectivity index (χ3n) is 3.89. The number of nitrogens with one attached hydrogen (secondary N) is 2. The molecule has 0 fully saturated rings. The van der Waals surface area contributed by atoms with E-state index in [9.17, 15) is 9.59 Å². The normalized spacial score (nSPS) is 11.1. The molecule has 0 heterocycles. The summed E-state index contributed by atoms with van der Waals surface area (Å²) in [5.74, 6) is -0.838. The summed E-state index contributed by atoms with van der Waals surface area (Å²) >= 11 is 0. The quantitative estimate of drug-likeness (QED) is 0.751. The number of hydrogen-bond acceptors (Lipinski definition) is 4. The zero-order valence-corrected chi connectivity index (χ0v) is 15.6. The third-order valence-corrected chi connectivity index (χ3v) is 3.89. The van der Waals surface area contributed by atoms with E-state index in [4.69, 9.17) is 9.84 Å². The molecule has 1 aromatic carbocycles. The Morgan fingerprint density at radius 2 is 1.42 bits per heavy atom. The van der Waals surface area contributed by atoms with Crippen LogP contribution >= 0.6 is 0 Å². The molecule has 6 heteroatoms. The predicted molar refractivity (Wildman–Crippen MR) is 96.0 cm³/mol. The van der Waals surface area contributed by atoms with Crippen LogP contribution in [0.3, 0.4) is 0 Å². The van der Waals surface area contributed by atoms with E-state index in [1.165, 1.54) is 0 Å². The Bertz CT molecular complexity index is 616. The Morgan fingerprint density at radius 3 is 1.83 bits per heavy atom. The fraction of sp³-hybridized carbons (Fsp3) is 0.556. The van der Waals surface area contributed by atoms with Gasteiger partial charge in [0.15, 0.2) is 0 Å². The molecule has 0 saturated heterocycles. The van der Waals surface area contributed by atoms with Crippen molar-refractivity contribution in [3.05, 3.63) is 22.3 Å². The number of benzene rings is 1. The maximum absolute atomic E-state index is 12.1. The van der Waals surface area contributed by atoms with E-state index < -0.39 is 17.7 Å². The van der Waals surface area contributed by atoms with E-state index in [2.05, 4.69) is 10.6 Å². The first-order valence-electron chi connectivity index (χ1n) is 8.00. The van der Waals surface area contributed by atoms with Gasteiger partial charge in [0, 0.05) is 12.2 Å². The molecule has 0 aliphatic carbocycles. The zero-order chi connectivity index (χ0) is 18.7. The van der Waals surface area contributed by atoms with E-state index in [0.29, 0.717) is 6.54 Å². The Hall–Kier alpha value is -2.24. The summed E-state index contributed by atoms with van der Waals surface area (Å²) in [5.41, 5.74) is 4.92. The van der Waals surface area contributed by atoms with Crippen molar-refractivity contribution >= 4 is 23.4 Å². The monoisotopic (exact) mass is 336 g/mol. The van der Waals surface area contributed by atoms with Crippen molar-refractivity contribution in [2.45, 2.75) is 60.5 Å². The smallest absolute Gasteiger partial charge is 0.412 e. The zero-order valence-electron chi connectivity index (χ0n) is 15.6. The van der Waals surface area contributed by atoms with Crippen LogP contribution in [0.4, 0.5) is 16.2 Å². The van der Waals surface area contributed by atoms with Crippen LogP contribution in [-0.4, -0.2) is 29.3 Å². The molecule has 3 N–H and O–H groups in total. The van der Waals surface area contributed by atoms with Crippen LogP contribution < -0.4 is 10.6 Å². The summed E-state index contributed by atoms with van der Waals surface area (Å²) in [6.45, 7) is 13.6. The van der Waals surface area contributed by atoms with E-state index in [1.54, 1.807) is 0 Å². The number of amides is 1. The summed E-state index contributed by atoms with van der Waals surface area (Å²) in [5, 5.41) is 14.8. The molecule has 24 heavy (non-hydrogen) atoms. The van der Waals surface area contributed by atoms with Crippen molar-refractivity contribution in [1.82, 2.24) is 0 Å². The van der Waals surface area contributed by atoms with Crippen LogP contribution in [0.1, 0.15) is 49.4 Å². The Balaban J connectivity index is 3.08. The van der Waals surface area contributed by atoms with Gasteiger partial charge in [0.1, 0.15) is 5.60 Å². The minimum atomic E-state index is -0.838. The van der Waals surface area contributed by atoms with Crippen LogP contribution in [0.15, 0.2) is 0 Å². The van der Waals surface area contributed by atoms with Gasteiger partial charge in [0.25, 0.3) is 0 Å². The van der Waals surface area contributed by atoms with Crippen LogP contribution in [0.2, 0.25) is 0 Å². The molecule has 0 radical (unpaired) electrons. The fourth-order valence-electron chi connectivity index (χ4n) is 2.47. The average Bonchev–Trinajstić information content (AvgIpc) is 2.43. The summed E-state index contributed by atoms with van der Waals surface area (Å²) in [6, 6.07) is 0. The summed E-state index contributed by atoms with van der Waals surface area (Å²) < 4.78 is 5.32. The molecular weight excluding hydrogens is 308 g/mol. The molecule has 1 aromatic rings. The second-order valence-electron chi connectivity index (χ2n) is 6.95. The van der Waals surface area contributed by atoms with Crippen LogP contribution in [0.25, 0.3) is 0 Å². The molecule has 0 atom stereocenters. The van der Waals surface area contributed by atoms with Crippen molar-refractivity contribution in [2.24, 2.45) is 0 Å². The number of hydrogen-bond donors (Lipinski definition) is 3. The predicted octanol–water partition coefficient (Wildman–Crippen LogP) is 4.15. The number of ether oxygens (including phenoxy) is 1. The lowest BCUT2D eigenvalue weighted by atomic mass is 9.95. The molecule has 6 nitrogen and oxygen atoms in total. The summed E-state index contributed by atoms with van der Waals surface area (Å²) in [6.07, 6.45) is -0.436. The van der Waals surface area contributed by atoms with Gasteiger partial charge in [-0.1, -0.05) is 0 Å². The first kappa shape index (κ1) is 19.8. The topological polar surface area (TPSA) is 87.7 Å². The van der Waals surface area contributed by atoms with Gasteiger partial charge in [-0.15, -0.1) is 0 Å². The molecule has 0 bridgehead atoms. The Kier molecular flexibility index (Phi) is 6.23. The minimum absolute atomic E-state index is 0.0505. The van der Waals surface area contributed by atoms with Crippen molar-refractivity contribution < 1.29 is 19.4 Å². The maximum atomic E-state index is 12.1. The van der Waals surface area contributed by atoms with Crippen molar-refractivity contribution in [3.8, 4) is 0 Å². The molecule has 0 aliphatic rings. The highest BCUT2D eigenvalue weighted by Crippen LogP contribution is 2.34. The molecule has 0 spiro atoms. The number of carboxylic acids is 1. The largest absolute Gasteiger partial charge is 0.481 e. The van der Waals surface area contributed by atoms with Crippen molar-refractivity contribution in [3.63, 3.8) is 0 Å². The average molecular weight is 336 g/mol. The number of carbonyl (C=O) groups excluding carboxylic acids is 1. The first-order chi connectivity index (χ1) is 10.9. The van der Waals surface area contributed by atoms with Gasteiger partial charge < -0.3 is 15.2 Å². The first-order valence-corrected chi connectivity index (χ1v) is 8.00. The van der Waals surface area contributed by atoms with E-state index >= 15 is 0 Å². The van der Waals surface area contributed by atoms with Gasteiger partial charge in [-0.3, -0.25) is 10.1 Å². The van der Waals surface area contributed by atoms with Crippen LogP contribution in [-0.2, 0) is 9.53 Å². The molecule has 0 saturated carbocycles. The molecular formula is C18H28N2O4. The van der Waals surface area contributed by atoms with E-state index in [-0.39, 0.29) is 6.42 Å². The highest BCUT2D eigenvalue weighted by Gasteiger charge is 2.20. The third kappa shape index (κ3) is 5.15. The maximum Gasteiger partial charge on any atom is 0.412 e. The van der Waals surface area contributed by atoms with Gasteiger partial charge >= 0.3 is 12.1 Å². The lowest BCUT2D eigenvalue weighted by molar-refractivity contribution is -0.136. The SMILES string of the molecule is Cc1c(C)c(NC(=O)OC(C)(C)C)c(C)c(C)c1NCCC(=O)O. The Labute approximate surface area is 143 Å². The molecule has 1 amide bonds. The number of anilines is 2.